The number of carboxylic acid groups (broad SMARTS) is 1. The van der Waals surface area contributed by atoms with Crippen LogP contribution in [0, 0.1) is 0 Å². The van der Waals surface area contributed by atoms with Gasteiger partial charge in [-0.15, -0.1) is 0 Å². The highest BCUT2D eigenvalue weighted by molar-refractivity contribution is 5.96. The van der Waals surface area contributed by atoms with Gasteiger partial charge in [-0.2, -0.15) is 0 Å². The normalized spacial score (nSPS) is 11.2. The van der Waals surface area contributed by atoms with Crippen LogP contribution in [0.5, 0.6) is 11.5 Å². The number of hydrogen-bond donors (Lipinski definition) is 5. The van der Waals surface area contributed by atoms with Gasteiger partial charge in [-0.3, -0.25) is 14.6 Å². The molecule has 0 bridgehead atoms. The Hall–Kier alpha value is -4.08. The molecule has 0 fully saturated rings. The van der Waals surface area contributed by atoms with E-state index >= 15 is 0 Å². The Bertz CT molecular complexity index is 955. The third kappa shape index (κ3) is 7.03. The number of phenols is 1. The Kier molecular flexibility index (Phi) is 8.38. The van der Waals surface area contributed by atoms with E-state index in [1.54, 1.807) is 24.3 Å². The minimum atomic E-state index is -1.15. The van der Waals surface area contributed by atoms with E-state index < -0.39 is 17.9 Å². The number of nitrogens with zero attached hydrogens (tertiary/aromatic N) is 1. The van der Waals surface area contributed by atoms with Crippen molar-refractivity contribution in [3.8, 4) is 11.5 Å². The van der Waals surface area contributed by atoms with E-state index in [4.69, 9.17) is 16.2 Å². The summed E-state index contributed by atoms with van der Waals surface area (Å²) < 4.78 is 5.57. The molecule has 0 unspecified atom stereocenters. The lowest BCUT2D eigenvalue weighted by atomic mass is 10.1. The topological polar surface area (TPSA) is 177 Å². The van der Waals surface area contributed by atoms with Crippen molar-refractivity contribution in [3.63, 3.8) is 0 Å². The number of aliphatic imine (C=N–C) groups is 1. The number of amides is 1. The van der Waals surface area contributed by atoms with Crippen LogP contribution in [0.3, 0.4) is 0 Å². The number of phenolic OH excluding ortho intramolecular Hbond substituents is 1. The first-order valence-corrected chi connectivity index (χ1v) is 9.39. The molecule has 0 saturated carbocycles. The number of hydrogen-bond acceptors (Lipinski definition) is 6. The number of carbonyl (C=O) groups excluding carboxylic acids is 2. The molecule has 0 aliphatic rings. The van der Waals surface area contributed by atoms with E-state index in [0.29, 0.717) is 18.3 Å². The van der Waals surface area contributed by atoms with Gasteiger partial charge in [-0.1, -0.05) is 18.2 Å². The monoisotopic (exact) mass is 428 g/mol. The Labute approximate surface area is 178 Å². The molecule has 0 spiro atoms. The molecule has 2 rings (SSSR count). The number of carboxylic acids is 1. The number of nitrogens with two attached hydrogens (primary N) is 2. The van der Waals surface area contributed by atoms with Crippen LogP contribution in [0.1, 0.15) is 39.1 Å². The Morgan fingerprint density at radius 2 is 1.87 bits per heavy atom. The zero-order valence-corrected chi connectivity index (χ0v) is 16.7. The zero-order chi connectivity index (χ0) is 22.8. The van der Waals surface area contributed by atoms with Gasteiger partial charge in [0.1, 0.15) is 24.1 Å². The molecule has 0 heterocycles. The lowest BCUT2D eigenvalue weighted by Gasteiger charge is -2.14. The lowest BCUT2D eigenvalue weighted by molar-refractivity contribution is -0.139. The molecule has 2 aromatic rings. The summed E-state index contributed by atoms with van der Waals surface area (Å²) >= 11 is 0. The van der Waals surface area contributed by atoms with Crippen molar-refractivity contribution in [1.82, 2.24) is 5.32 Å². The van der Waals surface area contributed by atoms with E-state index in [1.165, 1.54) is 18.2 Å². The first-order chi connectivity index (χ1) is 14.8. The Balaban J connectivity index is 1.94. The summed E-state index contributed by atoms with van der Waals surface area (Å²) in [5.41, 5.74) is 11.5. The first kappa shape index (κ1) is 23.2. The molecular weight excluding hydrogens is 404 g/mol. The minimum Gasteiger partial charge on any atom is -0.507 e. The number of guanidine groups is 1. The standard InChI is InChI=1S/C21H24N4O6/c22-21(23)24-10-2-3-16(20(29)30)25-19(28)14-8-6-13(7-9-14)12-31-18-5-1-4-17(27)15(18)11-26/h1,4-9,11,16,27H,2-3,10,12H2,(H,25,28)(H,29,30)(H4,22,23,24)/t16-/m0/s1. The quantitative estimate of drug-likeness (QED) is 0.152. The molecule has 0 aromatic heterocycles. The average Bonchev–Trinajstić information content (AvgIpc) is 2.74. The molecule has 1 amide bonds. The second kappa shape index (κ2) is 11.2. The number of aliphatic carboxylic acids is 1. The van der Waals surface area contributed by atoms with Crippen molar-refractivity contribution in [2.24, 2.45) is 16.5 Å². The van der Waals surface area contributed by atoms with E-state index in [2.05, 4.69) is 10.3 Å². The predicted octanol–water partition coefficient (Wildman–Crippen LogP) is 1.02. The number of aldehydes is 1. The van der Waals surface area contributed by atoms with Crippen molar-refractivity contribution in [3.05, 3.63) is 59.2 Å². The second-order valence-electron chi connectivity index (χ2n) is 6.61. The van der Waals surface area contributed by atoms with Crippen LogP contribution in [0.25, 0.3) is 0 Å². The van der Waals surface area contributed by atoms with Gasteiger partial charge in [0.25, 0.3) is 5.91 Å². The maximum atomic E-state index is 12.4. The van der Waals surface area contributed by atoms with Gasteiger partial charge in [-0.05, 0) is 42.7 Å². The average molecular weight is 428 g/mol. The fraction of sp³-hybridized carbons (Fsp3) is 0.238. The van der Waals surface area contributed by atoms with Crippen molar-refractivity contribution < 1.29 is 29.3 Å². The van der Waals surface area contributed by atoms with Crippen LogP contribution in [0.4, 0.5) is 0 Å². The highest BCUT2D eigenvalue weighted by Gasteiger charge is 2.20. The van der Waals surface area contributed by atoms with Crippen molar-refractivity contribution in [2.45, 2.75) is 25.5 Å². The van der Waals surface area contributed by atoms with Gasteiger partial charge in [-0.25, -0.2) is 4.79 Å². The van der Waals surface area contributed by atoms with Gasteiger partial charge in [0, 0.05) is 12.1 Å². The largest absolute Gasteiger partial charge is 0.507 e. The van der Waals surface area contributed by atoms with Crippen molar-refractivity contribution in [2.75, 3.05) is 6.54 Å². The summed E-state index contributed by atoms with van der Waals surface area (Å²) in [6, 6.07) is 9.79. The summed E-state index contributed by atoms with van der Waals surface area (Å²) in [5.74, 6) is -1.70. The number of rotatable bonds is 11. The van der Waals surface area contributed by atoms with E-state index in [-0.39, 0.29) is 48.2 Å². The van der Waals surface area contributed by atoms with Gasteiger partial charge in [0.15, 0.2) is 12.2 Å². The third-order valence-electron chi connectivity index (χ3n) is 4.32. The van der Waals surface area contributed by atoms with Crippen molar-refractivity contribution >= 4 is 24.1 Å². The van der Waals surface area contributed by atoms with Gasteiger partial charge >= 0.3 is 5.97 Å². The number of ether oxygens (including phenoxy) is 1. The number of aromatic hydroxyl groups is 1. The Morgan fingerprint density at radius 1 is 1.16 bits per heavy atom. The summed E-state index contributed by atoms with van der Waals surface area (Å²) in [5, 5.41) is 21.4. The molecule has 1 atom stereocenters. The minimum absolute atomic E-state index is 0.0538. The molecule has 10 nitrogen and oxygen atoms in total. The summed E-state index contributed by atoms with van der Waals surface area (Å²) in [6.07, 6.45) is 1.07. The SMILES string of the molecule is NC(N)=NCCC[C@H](NC(=O)c1ccc(COc2cccc(O)c2C=O)cc1)C(=O)O. The first-order valence-electron chi connectivity index (χ1n) is 9.39. The predicted molar refractivity (Wildman–Crippen MR) is 113 cm³/mol. The van der Waals surface area contributed by atoms with Crippen molar-refractivity contribution in [1.29, 1.82) is 0 Å². The van der Waals surface area contributed by atoms with Crippen LogP contribution in [-0.2, 0) is 11.4 Å². The molecule has 7 N–H and O–H groups in total. The highest BCUT2D eigenvalue weighted by atomic mass is 16.5. The fourth-order valence-corrected chi connectivity index (χ4v) is 2.69. The fourth-order valence-electron chi connectivity index (χ4n) is 2.69. The molecule has 10 heteroatoms. The molecule has 0 saturated heterocycles. The second-order valence-corrected chi connectivity index (χ2v) is 6.61. The summed E-state index contributed by atoms with van der Waals surface area (Å²) in [4.78, 5) is 38.6. The van der Waals surface area contributed by atoms with Gasteiger partial charge in [0.05, 0.1) is 5.56 Å². The Morgan fingerprint density at radius 3 is 2.48 bits per heavy atom. The zero-order valence-electron chi connectivity index (χ0n) is 16.7. The summed E-state index contributed by atoms with van der Waals surface area (Å²) in [7, 11) is 0. The van der Waals surface area contributed by atoms with Gasteiger partial charge in [0.2, 0.25) is 0 Å². The molecule has 2 aromatic carbocycles. The highest BCUT2D eigenvalue weighted by Crippen LogP contribution is 2.26. The third-order valence-corrected chi connectivity index (χ3v) is 4.32. The smallest absolute Gasteiger partial charge is 0.326 e. The van der Waals surface area contributed by atoms with Gasteiger partial charge < -0.3 is 31.7 Å². The van der Waals surface area contributed by atoms with E-state index in [0.717, 1.165) is 0 Å². The maximum absolute atomic E-state index is 12.4. The number of benzene rings is 2. The van der Waals surface area contributed by atoms with Crippen LogP contribution >= 0.6 is 0 Å². The van der Waals surface area contributed by atoms with Crippen LogP contribution < -0.4 is 21.5 Å². The van der Waals surface area contributed by atoms with E-state index in [1.807, 2.05) is 0 Å². The lowest BCUT2D eigenvalue weighted by Crippen LogP contribution is -2.40. The molecular formula is C21H24N4O6. The van der Waals surface area contributed by atoms with Crippen LogP contribution in [-0.4, -0.2) is 46.9 Å². The summed E-state index contributed by atoms with van der Waals surface area (Å²) in [6.45, 7) is 0.371. The molecule has 31 heavy (non-hydrogen) atoms. The van der Waals surface area contributed by atoms with Crippen LogP contribution in [0.2, 0.25) is 0 Å². The number of nitrogens with one attached hydrogen (secondary N) is 1. The molecule has 0 aliphatic heterocycles. The molecule has 0 radical (unpaired) electrons. The van der Waals surface area contributed by atoms with Crippen LogP contribution in [0.15, 0.2) is 47.5 Å². The molecule has 164 valence electrons. The van der Waals surface area contributed by atoms with E-state index in [9.17, 15) is 24.6 Å². The maximum Gasteiger partial charge on any atom is 0.326 e. The molecule has 0 aliphatic carbocycles. The number of carbonyl (C=O) groups is 3.